The lowest BCUT2D eigenvalue weighted by Crippen LogP contribution is -2.48. The Kier molecular flexibility index (Phi) is 3.65. The molecule has 4 heteroatoms. The van der Waals surface area contributed by atoms with Crippen LogP contribution in [0.25, 0.3) is 0 Å². The van der Waals surface area contributed by atoms with E-state index in [0.29, 0.717) is 18.8 Å². The summed E-state index contributed by atoms with van der Waals surface area (Å²) in [5, 5.41) is 14.1. The van der Waals surface area contributed by atoms with Gasteiger partial charge in [0, 0.05) is 5.56 Å². The normalized spacial score (nSPS) is 15.2. The molecule has 0 fully saturated rings. The number of hydrogen-bond donors (Lipinski definition) is 1. The van der Waals surface area contributed by atoms with Crippen LogP contribution in [-0.2, 0) is 11.3 Å². The highest BCUT2D eigenvalue weighted by atomic mass is 16.4. The van der Waals surface area contributed by atoms with Crippen molar-refractivity contribution in [1.29, 1.82) is 0 Å². The van der Waals surface area contributed by atoms with E-state index in [0.717, 1.165) is 11.1 Å². The number of carbonyl (C=O) groups excluding carboxylic acids is 1. The summed E-state index contributed by atoms with van der Waals surface area (Å²) < 4.78 is 0. The third kappa shape index (κ3) is 2.70. The van der Waals surface area contributed by atoms with Crippen molar-refractivity contribution >= 4 is 11.8 Å². The molecular weight excluding hydrogens is 228 g/mol. The second-order valence-corrected chi connectivity index (χ2v) is 4.97. The highest BCUT2D eigenvalue weighted by Crippen LogP contribution is 2.18. The van der Waals surface area contributed by atoms with Crippen LogP contribution in [-0.4, -0.2) is 17.8 Å². The molecule has 0 aliphatic carbocycles. The standard InChI is InChI=1S/C14H18N2O2/c1-9(2)7-12(14(17)18)16-13-11-6-4-3-5-10(11)8-15-13/h3-6,9,12H,7-8H2,1-2H3,(H,15,16)(H,17,18)/p-1. The first-order valence-electron chi connectivity index (χ1n) is 6.18. The van der Waals surface area contributed by atoms with Gasteiger partial charge in [-0.25, -0.2) is 0 Å². The second-order valence-electron chi connectivity index (χ2n) is 4.97. The molecule has 0 saturated carbocycles. The third-order valence-electron chi connectivity index (χ3n) is 2.98. The van der Waals surface area contributed by atoms with Crippen molar-refractivity contribution in [2.75, 3.05) is 0 Å². The predicted molar refractivity (Wildman–Crippen MR) is 68.1 cm³/mol. The van der Waals surface area contributed by atoms with Gasteiger partial charge in [0.2, 0.25) is 0 Å². The molecule has 1 N–H and O–H groups in total. The summed E-state index contributed by atoms with van der Waals surface area (Å²) in [5.41, 5.74) is 2.12. The molecule has 0 radical (unpaired) electrons. The molecule has 0 aromatic heterocycles. The van der Waals surface area contributed by atoms with Gasteiger partial charge in [-0.2, -0.15) is 0 Å². The molecule has 0 spiro atoms. The summed E-state index contributed by atoms with van der Waals surface area (Å²) in [6.07, 6.45) is 0.531. The Morgan fingerprint density at radius 3 is 2.83 bits per heavy atom. The summed E-state index contributed by atoms with van der Waals surface area (Å²) in [6, 6.07) is 7.16. The number of carbonyl (C=O) groups is 1. The van der Waals surface area contributed by atoms with E-state index in [1.807, 2.05) is 38.1 Å². The number of carboxylic acids is 1. The third-order valence-corrected chi connectivity index (χ3v) is 2.98. The maximum Gasteiger partial charge on any atom is 0.129 e. The van der Waals surface area contributed by atoms with Gasteiger partial charge >= 0.3 is 0 Å². The summed E-state index contributed by atoms with van der Waals surface area (Å²) in [7, 11) is 0. The van der Waals surface area contributed by atoms with Crippen molar-refractivity contribution in [3.8, 4) is 0 Å². The van der Waals surface area contributed by atoms with Gasteiger partial charge < -0.3 is 15.2 Å². The SMILES string of the molecule is CC(C)CC(NC1=NCc2ccccc21)C(=O)[O-]. The number of carboxylic acid groups (broad SMARTS) is 1. The van der Waals surface area contributed by atoms with Crippen LogP contribution in [0.5, 0.6) is 0 Å². The smallest absolute Gasteiger partial charge is 0.129 e. The number of benzene rings is 1. The molecule has 0 bridgehead atoms. The fourth-order valence-corrected chi connectivity index (χ4v) is 2.11. The van der Waals surface area contributed by atoms with Crippen molar-refractivity contribution in [3.05, 3.63) is 35.4 Å². The van der Waals surface area contributed by atoms with E-state index < -0.39 is 12.0 Å². The monoisotopic (exact) mass is 245 g/mol. The van der Waals surface area contributed by atoms with Gasteiger partial charge in [0.1, 0.15) is 5.84 Å². The second kappa shape index (κ2) is 5.21. The largest absolute Gasteiger partial charge is 0.548 e. The minimum atomic E-state index is -1.07. The van der Waals surface area contributed by atoms with Gasteiger partial charge in [0.25, 0.3) is 0 Å². The molecule has 1 aliphatic heterocycles. The van der Waals surface area contributed by atoms with E-state index in [-0.39, 0.29) is 5.92 Å². The molecule has 0 saturated heterocycles. The average molecular weight is 245 g/mol. The van der Waals surface area contributed by atoms with Crippen LogP contribution >= 0.6 is 0 Å². The zero-order valence-electron chi connectivity index (χ0n) is 10.6. The minimum absolute atomic E-state index is 0.289. The Bertz CT molecular complexity index is 480. The quantitative estimate of drug-likeness (QED) is 0.849. The molecule has 4 nitrogen and oxygen atoms in total. The maximum atomic E-state index is 11.1. The number of rotatable bonds is 4. The number of hydrogen-bond acceptors (Lipinski definition) is 4. The van der Waals surface area contributed by atoms with Crippen molar-refractivity contribution in [2.24, 2.45) is 10.9 Å². The fourth-order valence-electron chi connectivity index (χ4n) is 2.11. The van der Waals surface area contributed by atoms with Crippen LogP contribution in [0.2, 0.25) is 0 Å². The number of nitrogens with zero attached hydrogens (tertiary/aromatic N) is 1. The molecule has 96 valence electrons. The zero-order chi connectivity index (χ0) is 13.1. The molecular formula is C14H17N2O2-. The van der Waals surface area contributed by atoms with Crippen LogP contribution < -0.4 is 10.4 Å². The highest BCUT2D eigenvalue weighted by molar-refractivity contribution is 6.03. The summed E-state index contributed by atoms with van der Waals surface area (Å²) in [4.78, 5) is 15.5. The molecule has 1 heterocycles. The molecule has 1 atom stereocenters. The van der Waals surface area contributed by atoms with E-state index in [2.05, 4.69) is 10.3 Å². The van der Waals surface area contributed by atoms with Gasteiger partial charge in [0.15, 0.2) is 0 Å². The zero-order valence-corrected chi connectivity index (χ0v) is 10.6. The lowest BCUT2D eigenvalue weighted by Gasteiger charge is -2.22. The van der Waals surface area contributed by atoms with Gasteiger partial charge in [-0.15, -0.1) is 0 Å². The first-order chi connectivity index (χ1) is 8.58. The first-order valence-corrected chi connectivity index (χ1v) is 6.18. The van der Waals surface area contributed by atoms with Gasteiger partial charge in [-0.1, -0.05) is 38.1 Å². The van der Waals surface area contributed by atoms with Crippen LogP contribution in [0.3, 0.4) is 0 Å². The molecule has 1 aliphatic rings. The van der Waals surface area contributed by atoms with Crippen LogP contribution in [0.4, 0.5) is 0 Å². The van der Waals surface area contributed by atoms with E-state index in [1.54, 1.807) is 0 Å². The summed E-state index contributed by atoms with van der Waals surface area (Å²) in [6.45, 7) is 4.59. The summed E-state index contributed by atoms with van der Waals surface area (Å²) >= 11 is 0. The lowest BCUT2D eigenvalue weighted by atomic mass is 10.0. The van der Waals surface area contributed by atoms with E-state index in [4.69, 9.17) is 0 Å². The fraction of sp³-hybridized carbons (Fsp3) is 0.429. The molecule has 1 aromatic carbocycles. The number of amidine groups is 1. The van der Waals surface area contributed by atoms with Crippen molar-refractivity contribution in [1.82, 2.24) is 5.32 Å². The van der Waals surface area contributed by atoms with E-state index in [9.17, 15) is 9.90 Å². The molecule has 0 amide bonds. The molecule has 2 rings (SSSR count). The molecule has 1 unspecified atom stereocenters. The predicted octanol–water partition coefficient (Wildman–Crippen LogP) is 0.701. The first kappa shape index (κ1) is 12.6. The average Bonchev–Trinajstić information content (AvgIpc) is 2.71. The van der Waals surface area contributed by atoms with Crippen molar-refractivity contribution < 1.29 is 9.90 Å². The van der Waals surface area contributed by atoms with E-state index >= 15 is 0 Å². The van der Waals surface area contributed by atoms with Crippen LogP contribution in [0.15, 0.2) is 29.3 Å². The van der Waals surface area contributed by atoms with Crippen molar-refractivity contribution in [3.63, 3.8) is 0 Å². The van der Waals surface area contributed by atoms with Gasteiger partial charge in [-0.3, -0.25) is 4.99 Å². The van der Waals surface area contributed by atoms with Gasteiger partial charge in [0.05, 0.1) is 18.6 Å². The minimum Gasteiger partial charge on any atom is -0.548 e. The maximum absolute atomic E-state index is 11.1. The Morgan fingerprint density at radius 1 is 1.44 bits per heavy atom. The topological polar surface area (TPSA) is 64.5 Å². The van der Waals surface area contributed by atoms with Crippen LogP contribution in [0, 0.1) is 5.92 Å². The summed E-state index contributed by atoms with van der Waals surface area (Å²) in [5.74, 6) is -0.117. The Morgan fingerprint density at radius 2 is 2.17 bits per heavy atom. The van der Waals surface area contributed by atoms with Gasteiger partial charge in [-0.05, 0) is 17.9 Å². The van der Waals surface area contributed by atoms with Crippen molar-refractivity contribution in [2.45, 2.75) is 32.9 Å². The Labute approximate surface area is 107 Å². The number of nitrogens with one attached hydrogen (secondary N) is 1. The number of aliphatic imine (C=N–C) groups is 1. The highest BCUT2D eigenvalue weighted by Gasteiger charge is 2.19. The number of aliphatic carboxylic acids is 1. The molecule has 18 heavy (non-hydrogen) atoms. The lowest BCUT2D eigenvalue weighted by molar-refractivity contribution is -0.308. The Balaban J connectivity index is 2.12. The molecule has 1 aromatic rings. The number of fused-ring (bicyclic) bond motifs is 1. The van der Waals surface area contributed by atoms with E-state index in [1.165, 1.54) is 0 Å². The van der Waals surface area contributed by atoms with Crippen LogP contribution in [0.1, 0.15) is 31.4 Å². The Hall–Kier alpha value is -1.84.